The number of hydrogen-bond acceptors (Lipinski definition) is 4. The van der Waals surface area contributed by atoms with Gasteiger partial charge in [-0.25, -0.2) is 9.18 Å². The molecule has 1 N–H and O–H groups in total. The molecule has 5 heteroatoms. The van der Waals surface area contributed by atoms with E-state index in [1.54, 1.807) is 30.4 Å². The second kappa shape index (κ2) is 7.17. The third kappa shape index (κ3) is 3.88. The highest BCUT2D eigenvalue weighted by Gasteiger charge is 2.21. The van der Waals surface area contributed by atoms with Crippen LogP contribution in [0.25, 0.3) is 0 Å². The predicted molar refractivity (Wildman–Crippen MR) is 76.9 cm³/mol. The number of hydrogen-bond donors (Lipinski definition) is 1. The zero-order valence-electron chi connectivity index (χ0n) is 11.1. The standard InChI is InChI=1S/C15H16FNO2S/c1-2-19-15(18)14(11-5-7-12(16)8-6-11)17-10-13-4-3-9-20-13/h3-9,14,17H,2,10H2,1H3. The Hall–Kier alpha value is -1.72. The molecule has 0 saturated carbocycles. The van der Waals surface area contributed by atoms with Gasteiger partial charge >= 0.3 is 5.97 Å². The highest BCUT2D eigenvalue weighted by Crippen LogP contribution is 2.17. The van der Waals surface area contributed by atoms with Gasteiger partial charge in [0.1, 0.15) is 11.9 Å². The summed E-state index contributed by atoms with van der Waals surface area (Å²) in [5.41, 5.74) is 0.696. The van der Waals surface area contributed by atoms with Gasteiger partial charge in [-0.1, -0.05) is 18.2 Å². The molecule has 2 rings (SSSR count). The number of carbonyl (C=O) groups excluding carboxylic acids is 1. The Morgan fingerprint density at radius 2 is 2.10 bits per heavy atom. The van der Waals surface area contributed by atoms with E-state index in [0.717, 1.165) is 4.88 Å². The molecule has 0 bridgehead atoms. The molecule has 1 unspecified atom stereocenters. The predicted octanol–water partition coefficient (Wildman–Crippen LogP) is 3.28. The lowest BCUT2D eigenvalue weighted by atomic mass is 10.1. The summed E-state index contributed by atoms with van der Waals surface area (Å²) in [7, 11) is 0. The lowest BCUT2D eigenvalue weighted by Gasteiger charge is -2.17. The fourth-order valence-electron chi connectivity index (χ4n) is 1.83. The van der Waals surface area contributed by atoms with Crippen molar-refractivity contribution in [3.05, 3.63) is 58.0 Å². The summed E-state index contributed by atoms with van der Waals surface area (Å²) in [6, 6.07) is 9.24. The molecule has 0 aliphatic heterocycles. The fraction of sp³-hybridized carbons (Fsp3) is 0.267. The Kier molecular flexibility index (Phi) is 5.26. The van der Waals surface area contributed by atoms with Crippen molar-refractivity contribution in [2.24, 2.45) is 0 Å². The van der Waals surface area contributed by atoms with Gasteiger partial charge in [-0.3, -0.25) is 5.32 Å². The van der Waals surface area contributed by atoms with E-state index in [9.17, 15) is 9.18 Å². The van der Waals surface area contributed by atoms with Crippen LogP contribution in [0, 0.1) is 5.82 Å². The van der Waals surface area contributed by atoms with E-state index in [0.29, 0.717) is 18.7 Å². The largest absolute Gasteiger partial charge is 0.465 e. The number of halogens is 1. The minimum atomic E-state index is -0.586. The summed E-state index contributed by atoms with van der Waals surface area (Å²) in [6.07, 6.45) is 0. The Balaban J connectivity index is 2.11. The van der Waals surface area contributed by atoms with Gasteiger partial charge in [0.15, 0.2) is 0 Å². The van der Waals surface area contributed by atoms with Gasteiger partial charge in [-0.05, 0) is 36.1 Å². The number of carbonyl (C=O) groups is 1. The topological polar surface area (TPSA) is 38.3 Å². The van der Waals surface area contributed by atoms with Crippen LogP contribution in [0.2, 0.25) is 0 Å². The van der Waals surface area contributed by atoms with Crippen LogP contribution in [0.5, 0.6) is 0 Å². The van der Waals surface area contributed by atoms with Crippen LogP contribution in [0.3, 0.4) is 0 Å². The molecule has 3 nitrogen and oxygen atoms in total. The Labute approximate surface area is 121 Å². The van der Waals surface area contributed by atoms with Crippen molar-refractivity contribution in [2.45, 2.75) is 19.5 Å². The number of esters is 1. The van der Waals surface area contributed by atoms with Crippen LogP contribution < -0.4 is 5.32 Å². The van der Waals surface area contributed by atoms with Gasteiger partial charge in [0, 0.05) is 11.4 Å². The van der Waals surface area contributed by atoms with Gasteiger partial charge in [-0.2, -0.15) is 0 Å². The van der Waals surface area contributed by atoms with Crippen LogP contribution >= 0.6 is 11.3 Å². The molecule has 0 aliphatic rings. The summed E-state index contributed by atoms with van der Waals surface area (Å²) in [5.74, 6) is -0.676. The molecule has 1 heterocycles. The first kappa shape index (κ1) is 14.7. The van der Waals surface area contributed by atoms with Crippen LogP contribution in [0.4, 0.5) is 4.39 Å². The first-order valence-corrected chi connectivity index (χ1v) is 7.26. The van der Waals surface area contributed by atoms with Gasteiger partial charge < -0.3 is 4.74 Å². The molecule has 1 aromatic heterocycles. The average Bonchev–Trinajstić information content (AvgIpc) is 2.94. The zero-order valence-corrected chi connectivity index (χ0v) is 12.0. The van der Waals surface area contributed by atoms with E-state index in [-0.39, 0.29) is 11.8 Å². The average molecular weight is 293 g/mol. The Morgan fingerprint density at radius 1 is 1.35 bits per heavy atom. The summed E-state index contributed by atoms with van der Waals surface area (Å²) in [5, 5.41) is 5.14. The Morgan fingerprint density at radius 3 is 2.70 bits per heavy atom. The quantitative estimate of drug-likeness (QED) is 0.831. The van der Waals surface area contributed by atoms with E-state index in [4.69, 9.17) is 4.74 Å². The van der Waals surface area contributed by atoms with Crippen LogP contribution in [0.15, 0.2) is 41.8 Å². The molecule has 0 amide bonds. The number of rotatable bonds is 6. The molecule has 20 heavy (non-hydrogen) atoms. The molecule has 2 aromatic rings. The summed E-state index contributed by atoms with van der Waals surface area (Å²) < 4.78 is 18.0. The highest BCUT2D eigenvalue weighted by molar-refractivity contribution is 7.09. The Bertz CT molecular complexity index is 540. The fourth-order valence-corrected chi connectivity index (χ4v) is 2.49. The van der Waals surface area contributed by atoms with Crippen LogP contribution in [-0.2, 0) is 16.1 Å². The first-order valence-electron chi connectivity index (χ1n) is 6.38. The van der Waals surface area contributed by atoms with Gasteiger partial charge in [0.25, 0.3) is 0 Å². The number of thiophene rings is 1. The molecule has 0 saturated heterocycles. The SMILES string of the molecule is CCOC(=O)C(NCc1cccs1)c1ccc(F)cc1. The second-order valence-electron chi connectivity index (χ2n) is 4.20. The van der Waals surface area contributed by atoms with E-state index in [1.807, 2.05) is 17.5 Å². The normalized spacial score (nSPS) is 12.1. The van der Waals surface area contributed by atoms with Gasteiger partial charge in [0.05, 0.1) is 6.61 Å². The van der Waals surface area contributed by atoms with Crippen molar-refractivity contribution in [1.82, 2.24) is 5.32 Å². The summed E-state index contributed by atoms with van der Waals surface area (Å²) >= 11 is 1.61. The molecular formula is C15H16FNO2S. The highest BCUT2D eigenvalue weighted by atomic mass is 32.1. The number of nitrogens with one attached hydrogen (secondary N) is 1. The zero-order chi connectivity index (χ0) is 14.4. The molecule has 0 radical (unpaired) electrons. The smallest absolute Gasteiger partial charge is 0.327 e. The third-order valence-electron chi connectivity index (χ3n) is 2.79. The van der Waals surface area contributed by atoms with Crippen molar-refractivity contribution in [3.63, 3.8) is 0 Å². The molecular weight excluding hydrogens is 277 g/mol. The number of ether oxygens (including phenoxy) is 1. The van der Waals surface area contributed by atoms with Crippen molar-refractivity contribution in [3.8, 4) is 0 Å². The van der Waals surface area contributed by atoms with E-state index < -0.39 is 6.04 Å². The van der Waals surface area contributed by atoms with E-state index in [1.165, 1.54) is 12.1 Å². The minimum Gasteiger partial charge on any atom is -0.465 e. The lowest BCUT2D eigenvalue weighted by Crippen LogP contribution is -2.29. The third-order valence-corrected chi connectivity index (χ3v) is 3.66. The minimum absolute atomic E-state index is 0.317. The molecule has 1 aromatic carbocycles. The first-order chi connectivity index (χ1) is 9.70. The van der Waals surface area contributed by atoms with Crippen molar-refractivity contribution < 1.29 is 13.9 Å². The lowest BCUT2D eigenvalue weighted by molar-refractivity contribution is -0.145. The molecule has 106 valence electrons. The van der Waals surface area contributed by atoms with Crippen LogP contribution in [-0.4, -0.2) is 12.6 Å². The maximum absolute atomic E-state index is 13.0. The van der Waals surface area contributed by atoms with Crippen molar-refractivity contribution in [2.75, 3.05) is 6.61 Å². The van der Waals surface area contributed by atoms with Crippen molar-refractivity contribution in [1.29, 1.82) is 0 Å². The van der Waals surface area contributed by atoms with E-state index >= 15 is 0 Å². The van der Waals surface area contributed by atoms with Gasteiger partial charge in [0.2, 0.25) is 0 Å². The van der Waals surface area contributed by atoms with Crippen LogP contribution in [0.1, 0.15) is 23.4 Å². The molecule has 0 spiro atoms. The summed E-state index contributed by atoms with van der Waals surface area (Å²) in [6.45, 7) is 2.65. The molecule has 0 fully saturated rings. The second-order valence-corrected chi connectivity index (χ2v) is 5.23. The summed E-state index contributed by atoms with van der Waals surface area (Å²) in [4.78, 5) is 13.1. The van der Waals surface area contributed by atoms with Gasteiger partial charge in [-0.15, -0.1) is 11.3 Å². The number of benzene rings is 1. The monoisotopic (exact) mass is 293 g/mol. The molecule has 1 atom stereocenters. The van der Waals surface area contributed by atoms with E-state index in [2.05, 4.69) is 5.32 Å². The maximum Gasteiger partial charge on any atom is 0.327 e. The van der Waals surface area contributed by atoms with Crippen molar-refractivity contribution >= 4 is 17.3 Å². The molecule has 0 aliphatic carbocycles. The maximum atomic E-state index is 13.0.